The number of halogens is 1. The van der Waals surface area contributed by atoms with E-state index in [2.05, 4.69) is 5.32 Å². The second kappa shape index (κ2) is 5.95. The van der Waals surface area contributed by atoms with Crippen LogP contribution in [0.2, 0.25) is 0 Å². The van der Waals surface area contributed by atoms with Gasteiger partial charge in [0.15, 0.2) is 0 Å². The van der Waals surface area contributed by atoms with Gasteiger partial charge in [0.2, 0.25) is 0 Å². The fourth-order valence-electron chi connectivity index (χ4n) is 2.10. The Morgan fingerprint density at radius 2 is 1.86 bits per heavy atom. The lowest BCUT2D eigenvalue weighted by atomic mass is 9.84. The molecule has 3 nitrogen and oxygen atoms in total. The van der Waals surface area contributed by atoms with E-state index < -0.39 is 11.7 Å². The van der Waals surface area contributed by atoms with Gasteiger partial charge in [-0.1, -0.05) is 44.2 Å². The number of nitrogen functional groups attached to an aromatic ring is 1. The average molecular weight is 286 g/mol. The lowest BCUT2D eigenvalue weighted by Crippen LogP contribution is -2.37. The Balaban J connectivity index is 2.07. The second-order valence-electron chi connectivity index (χ2n) is 5.67. The normalized spacial score (nSPS) is 11.2. The number of anilines is 1. The Kier molecular flexibility index (Phi) is 4.26. The van der Waals surface area contributed by atoms with Gasteiger partial charge in [-0.2, -0.15) is 0 Å². The van der Waals surface area contributed by atoms with Gasteiger partial charge in [-0.05, 0) is 23.8 Å². The molecule has 110 valence electrons. The lowest BCUT2D eigenvalue weighted by Gasteiger charge is -2.25. The van der Waals surface area contributed by atoms with Gasteiger partial charge in [-0.15, -0.1) is 0 Å². The first-order chi connectivity index (χ1) is 9.90. The van der Waals surface area contributed by atoms with E-state index >= 15 is 0 Å². The van der Waals surface area contributed by atoms with Crippen molar-refractivity contribution in [3.63, 3.8) is 0 Å². The summed E-state index contributed by atoms with van der Waals surface area (Å²) in [5.74, 6) is -1.04. The summed E-state index contributed by atoms with van der Waals surface area (Å²) in [7, 11) is 0. The van der Waals surface area contributed by atoms with Crippen LogP contribution in [-0.2, 0) is 5.41 Å². The molecule has 2 rings (SSSR count). The highest BCUT2D eigenvalue weighted by molar-refractivity contribution is 5.94. The zero-order valence-electron chi connectivity index (χ0n) is 12.2. The molecule has 4 heteroatoms. The Hall–Kier alpha value is -2.36. The van der Waals surface area contributed by atoms with Gasteiger partial charge >= 0.3 is 0 Å². The van der Waals surface area contributed by atoms with E-state index in [1.54, 1.807) is 0 Å². The van der Waals surface area contributed by atoms with Gasteiger partial charge in [0.25, 0.3) is 5.91 Å². The molecule has 0 saturated carbocycles. The van der Waals surface area contributed by atoms with Crippen LogP contribution in [-0.4, -0.2) is 12.5 Å². The van der Waals surface area contributed by atoms with E-state index in [1.165, 1.54) is 12.1 Å². The second-order valence-corrected chi connectivity index (χ2v) is 5.67. The molecule has 0 aliphatic heterocycles. The summed E-state index contributed by atoms with van der Waals surface area (Å²) in [6.07, 6.45) is 0. The molecule has 3 N–H and O–H groups in total. The Morgan fingerprint density at radius 3 is 2.48 bits per heavy atom. The molecule has 21 heavy (non-hydrogen) atoms. The number of nitrogens with two attached hydrogens (primary N) is 1. The molecule has 0 spiro atoms. The smallest absolute Gasteiger partial charge is 0.254 e. The molecule has 2 aromatic carbocycles. The number of rotatable bonds is 4. The van der Waals surface area contributed by atoms with Crippen molar-refractivity contribution in [1.29, 1.82) is 0 Å². The molecule has 2 aromatic rings. The zero-order chi connectivity index (χ0) is 15.5. The predicted octanol–water partition coefficient (Wildman–Crippen LogP) is 3.12. The van der Waals surface area contributed by atoms with Crippen molar-refractivity contribution in [2.24, 2.45) is 0 Å². The van der Waals surface area contributed by atoms with Crippen LogP contribution >= 0.6 is 0 Å². The molecule has 0 radical (unpaired) electrons. The maximum absolute atomic E-state index is 13.7. The van der Waals surface area contributed by atoms with Crippen molar-refractivity contribution in [2.45, 2.75) is 19.3 Å². The van der Waals surface area contributed by atoms with Crippen molar-refractivity contribution >= 4 is 11.6 Å². The molecule has 0 fully saturated rings. The fourth-order valence-corrected chi connectivity index (χ4v) is 2.10. The minimum atomic E-state index is -0.606. The first kappa shape index (κ1) is 15.0. The van der Waals surface area contributed by atoms with Crippen LogP contribution in [0.25, 0.3) is 0 Å². The molecular formula is C17H19FN2O. The standard InChI is InChI=1S/C17H19FN2O/c1-17(2,12-6-4-3-5-7-12)11-20-16(21)14-9-8-13(19)10-15(14)18/h3-10H,11,19H2,1-2H3,(H,20,21). The molecule has 0 atom stereocenters. The molecule has 0 heterocycles. The third kappa shape index (κ3) is 3.60. The first-order valence-corrected chi connectivity index (χ1v) is 6.79. The van der Waals surface area contributed by atoms with Crippen molar-refractivity contribution in [2.75, 3.05) is 12.3 Å². The van der Waals surface area contributed by atoms with Crippen molar-refractivity contribution in [3.8, 4) is 0 Å². The summed E-state index contributed by atoms with van der Waals surface area (Å²) in [6.45, 7) is 4.48. The number of carbonyl (C=O) groups is 1. The largest absolute Gasteiger partial charge is 0.399 e. The summed E-state index contributed by atoms with van der Waals surface area (Å²) >= 11 is 0. The lowest BCUT2D eigenvalue weighted by molar-refractivity contribution is 0.0941. The zero-order valence-corrected chi connectivity index (χ0v) is 12.2. The van der Waals surface area contributed by atoms with E-state index in [0.29, 0.717) is 12.2 Å². The van der Waals surface area contributed by atoms with Gasteiger partial charge in [-0.25, -0.2) is 4.39 Å². The van der Waals surface area contributed by atoms with Crippen LogP contribution in [0.1, 0.15) is 29.8 Å². The number of carbonyl (C=O) groups excluding carboxylic acids is 1. The van der Waals surface area contributed by atoms with Crippen LogP contribution in [0.5, 0.6) is 0 Å². The molecule has 0 aromatic heterocycles. The van der Waals surface area contributed by atoms with Gasteiger partial charge in [0, 0.05) is 17.6 Å². The number of hydrogen-bond donors (Lipinski definition) is 2. The molecule has 1 amide bonds. The maximum atomic E-state index is 13.7. The number of hydrogen-bond acceptors (Lipinski definition) is 2. The highest BCUT2D eigenvalue weighted by atomic mass is 19.1. The highest BCUT2D eigenvalue weighted by Crippen LogP contribution is 2.22. The quantitative estimate of drug-likeness (QED) is 0.848. The van der Waals surface area contributed by atoms with Crippen molar-refractivity contribution < 1.29 is 9.18 Å². The average Bonchev–Trinajstić information content (AvgIpc) is 2.46. The number of benzene rings is 2. The first-order valence-electron chi connectivity index (χ1n) is 6.79. The van der Waals surface area contributed by atoms with E-state index in [-0.39, 0.29) is 11.0 Å². The molecule has 0 aliphatic carbocycles. The third-order valence-corrected chi connectivity index (χ3v) is 3.48. The van der Waals surface area contributed by atoms with Gasteiger partial charge < -0.3 is 11.1 Å². The van der Waals surface area contributed by atoms with Crippen LogP contribution in [0.3, 0.4) is 0 Å². The summed E-state index contributed by atoms with van der Waals surface area (Å²) in [4.78, 5) is 12.1. The van der Waals surface area contributed by atoms with Crippen LogP contribution in [0.4, 0.5) is 10.1 Å². The van der Waals surface area contributed by atoms with E-state index in [9.17, 15) is 9.18 Å². The van der Waals surface area contributed by atoms with E-state index in [4.69, 9.17) is 5.73 Å². The SMILES string of the molecule is CC(C)(CNC(=O)c1ccc(N)cc1F)c1ccccc1. The van der Waals surface area contributed by atoms with E-state index in [0.717, 1.165) is 11.6 Å². The fraction of sp³-hybridized carbons (Fsp3) is 0.235. The van der Waals surface area contributed by atoms with Crippen LogP contribution in [0.15, 0.2) is 48.5 Å². The minimum Gasteiger partial charge on any atom is -0.399 e. The number of amides is 1. The van der Waals surface area contributed by atoms with Gasteiger partial charge in [0.1, 0.15) is 5.82 Å². The summed E-state index contributed by atoms with van der Waals surface area (Å²) in [6, 6.07) is 13.9. The monoisotopic (exact) mass is 286 g/mol. The van der Waals surface area contributed by atoms with Crippen molar-refractivity contribution in [1.82, 2.24) is 5.32 Å². The predicted molar refractivity (Wildman–Crippen MR) is 82.6 cm³/mol. The van der Waals surface area contributed by atoms with Gasteiger partial charge in [-0.3, -0.25) is 4.79 Å². The summed E-state index contributed by atoms with van der Waals surface area (Å²) in [5.41, 5.74) is 6.66. The highest BCUT2D eigenvalue weighted by Gasteiger charge is 2.22. The van der Waals surface area contributed by atoms with Crippen LogP contribution in [0, 0.1) is 5.82 Å². The Morgan fingerprint density at radius 1 is 1.19 bits per heavy atom. The Bertz CT molecular complexity index is 638. The third-order valence-electron chi connectivity index (χ3n) is 3.48. The van der Waals surface area contributed by atoms with Gasteiger partial charge in [0.05, 0.1) is 5.56 Å². The van der Waals surface area contributed by atoms with E-state index in [1.807, 2.05) is 44.2 Å². The summed E-state index contributed by atoms with van der Waals surface area (Å²) < 4.78 is 13.7. The van der Waals surface area contributed by atoms with Crippen LogP contribution < -0.4 is 11.1 Å². The molecule has 0 saturated heterocycles. The van der Waals surface area contributed by atoms with Crippen molar-refractivity contribution in [3.05, 3.63) is 65.5 Å². The Labute approximate surface area is 124 Å². The summed E-state index contributed by atoms with van der Waals surface area (Å²) in [5, 5.41) is 2.78. The number of nitrogens with one attached hydrogen (secondary N) is 1. The molecule has 0 unspecified atom stereocenters. The topological polar surface area (TPSA) is 55.1 Å². The maximum Gasteiger partial charge on any atom is 0.254 e. The minimum absolute atomic E-state index is 0.00746. The molecular weight excluding hydrogens is 267 g/mol. The molecule has 0 bridgehead atoms. The molecule has 0 aliphatic rings.